The molecule has 2 N–H and O–H groups in total. The van der Waals surface area contributed by atoms with E-state index in [9.17, 15) is 9.90 Å². The van der Waals surface area contributed by atoms with E-state index in [1.54, 1.807) is 42.9 Å². The number of hydrogen-bond donors (Lipinski definition) is 2. The van der Waals surface area contributed by atoms with Crippen LogP contribution in [0.5, 0.6) is 5.75 Å². The summed E-state index contributed by atoms with van der Waals surface area (Å²) in [5.41, 5.74) is 7.56. The highest BCUT2D eigenvalue weighted by Crippen LogP contribution is 2.33. The van der Waals surface area contributed by atoms with Crippen LogP contribution in [0.2, 0.25) is 0 Å². The van der Waals surface area contributed by atoms with Gasteiger partial charge in [-0.1, -0.05) is 30.3 Å². The normalized spacial score (nSPS) is 11.5. The number of aromatic nitrogens is 2. The molecule has 0 fully saturated rings. The number of hydrogen-bond acceptors (Lipinski definition) is 4. The molecule has 1 amide bonds. The fraction of sp³-hybridized carbons (Fsp3) is 0.190. The maximum absolute atomic E-state index is 12.1. The van der Waals surface area contributed by atoms with Crippen molar-refractivity contribution in [2.24, 2.45) is 12.1 Å². The average Bonchev–Trinajstić information content (AvgIpc) is 2.97. The first-order valence-electron chi connectivity index (χ1n) is 8.62. The molecule has 0 saturated heterocycles. The van der Waals surface area contributed by atoms with Crippen molar-refractivity contribution in [3.8, 4) is 17.0 Å². The van der Waals surface area contributed by atoms with E-state index in [1.165, 1.54) is 5.56 Å². The first kappa shape index (κ1) is 18.4. The third kappa shape index (κ3) is 3.74. The van der Waals surface area contributed by atoms with Gasteiger partial charge in [0.15, 0.2) is 11.4 Å². The zero-order valence-electron chi connectivity index (χ0n) is 15.8. The monoisotopic (exact) mass is 362 g/mol. The number of aromatic hydroxyl groups is 1. The number of aryl methyl sites for hydroxylation is 3. The molecule has 27 heavy (non-hydrogen) atoms. The van der Waals surface area contributed by atoms with E-state index >= 15 is 0 Å². The van der Waals surface area contributed by atoms with E-state index in [2.05, 4.69) is 15.6 Å². The van der Waals surface area contributed by atoms with Crippen LogP contribution in [-0.2, 0) is 7.05 Å². The third-order valence-corrected chi connectivity index (χ3v) is 4.51. The SMILES string of the molecule is CC(=NNC(=O)c1ccccc1)c1nn(C)c(-c2ccc(C)c(C)c2)c1O. The molecule has 0 aliphatic heterocycles. The molecule has 2 aromatic carbocycles. The topological polar surface area (TPSA) is 79.5 Å². The summed E-state index contributed by atoms with van der Waals surface area (Å²) in [7, 11) is 1.77. The highest BCUT2D eigenvalue weighted by atomic mass is 16.3. The second-order valence-electron chi connectivity index (χ2n) is 6.47. The molecule has 6 nitrogen and oxygen atoms in total. The summed E-state index contributed by atoms with van der Waals surface area (Å²) in [5.74, 6) is -0.282. The van der Waals surface area contributed by atoms with Crippen molar-refractivity contribution in [3.05, 3.63) is 70.9 Å². The predicted octanol–water partition coefficient (Wildman–Crippen LogP) is 3.56. The van der Waals surface area contributed by atoms with Crippen LogP contribution in [-0.4, -0.2) is 26.5 Å². The molecule has 0 saturated carbocycles. The Morgan fingerprint density at radius 2 is 1.81 bits per heavy atom. The van der Waals surface area contributed by atoms with Crippen molar-refractivity contribution in [1.29, 1.82) is 0 Å². The van der Waals surface area contributed by atoms with Crippen LogP contribution >= 0.6 is 0 Å². The van der Waals surface area contributed by atoms with Gasteiger partial charge in [-0.3, -0.25) is 9.48 Å². The Balaban J connectivity index is 1.89. The van der Waals surface area contributed by atoms with Crippen LogP contribution in [0.25, 0.3) is 11.3 Å². The molecule has 1 heterocycles. The van der Waals surface area contributed by atoms with Crippen LogP contribution in [0, 0.1) is 13.8 Å². The maximum atomic E-state index is 12.1. The highest BCUT2D eigenvalue weighted by molar-refractivity contribution is 6.02. The molecule has 1 aromatic heterocycles. The Morgan fingerprint density at radius 1 is 1.11 bits per heavy atom. The quantitative estimate of drug-likeness (QED) is 0.550. The molecular formula is C21H22N4O2. The molecule has 0 aliphatic carbocycles. The first-order chi connectivity index (χ1) is 12.9. The number of hydrazone groups is 1. The van der Waals surface area contributed by atoms with Crippen molar-refractivity contribution >= 4 is 11.6 Å². The Kier molecular flexibility index (Phi) is 5.07. The largest absolute Gasteiger partial charge is 0.504 e. The first-order valence-corrected chi connectivity index (χ1v) is 8.62. The number of amides is 1. The molecule has 0 aliphatic rings. The molecular weight excluding hydrogens is 340 g/mol. The summed E-state index contributed by atoms with van der Waals surface area (Å²) in [5, 5.41) is 19.2. The number of carbonyl (C=O) groups is 1. The van der Waals surface area contributed by atoms with Crippen molar-refractivity contribution in [2.75, 3.05) is 0 Å². The predicted molar refractivity (Wildman–Crippen MR) is 106 cm³/mol. The van der Waals surface area contributed by atoms with Crippen LogP contribution < -0.4 is 5.43 Å². The standard InChI is InChI=1S/C21H22N4O2/c1-13-10-11-17(12-14(13)2)19-20(26)18(24-25(19)4)15(3)22-23-21(27)16-8-6-5-7-9-16/h5-12,26H,1-4H3,(H,23,27). The molecule has 0 spiro atoms. The summed E-state index contributed by atoms with van der Waals surface area (Å²) in [6.07, 6.45) is 0. The zero-order chi connectivity index (χ0) is 19.6. The van der Waals surface area contributed by atoms with E-state index in [1.807, 2.05) is 38.1 Å². The lowest BCUT2D eigenvalue weighted by atomic mass is 10.0. The van der Waals surface area contributed by atoms with E-state index in [0.29, 0.717) is 22.7 Å². The Hall–Kier alpha value is -3.41. The van der Waals surface area contributed by atoms with Crippen LogP contribution in [0.4, 0.5) is 0 Å². The van der Waals surface area contributed by atoms with Crippen molar-refractivity contribution in [3.63, 3.8) is 0 Å². The number of rotatable bonds is 4. The van der Waals surface area contributed by atoms with Gasteiger partial charge in [-0.2, -0.15) is 10.2 Å². The van der Waals surface area contributed by atoms with Gasteiger partial charge in [0, 0.05) is 18.2 Å². The summed E-state index contributed by atoms with van der Waals surface area (Å²) >= 11 is 0. The van der Waals surface area contributed by atoms with Crippen molar-refractivity contribution in [2.45, 2.75) is 20.8 Å². The molecule has 0 radical (unpaired) electrons. The van der Waals surface area contributed by atoms with E-state index in [0.717, 1.165) is 11.1 Å². The Bertz CT molecular complexity index is 1020. The molecule has 138 valence electrons. The minimum Gasteiger partial charge on any atom is -0.504 e. The van der Waals surface area contributed by atoms with Crippen LogP contribution in [0.15, 0.2) is 53.6 Å². The number of nitrogens with zero attached hydrogens (tertiary/aromatic N) is 3. The highest BCUT2D eigenvalue weighted by Gasteiger charge is 2.19. The zero-order valence-corrected chi connectivity index (χ0v) is 15.8. The summed E-state index contributed by atoms with van der Waals surface area (Å²) < 4.78 is 1.62. The van der Waals surface area contributed by atoms with Crippen LogP contribution in [0.1, 0.15) is 34.1 Å². The lowest BCUT2D eigenvalue weighted by Crippen LogP contribution is -2.19. The van der Waals surface area contributed by atoms with Crippen LogP contribution in [0.3, 0.4) is 0 Å². The third-order valence-electron chi connectivity index (χ3n) is 4.51. The van der Waals surface area contributed by atoms with Gasteiger partial charge >= 0.3 is 0 Å². The van der Waals surface area contributed by atoms with Gasteiger partial charge in [-0.25, -0.2) is 5.43 Å². The van der Waals surface area contributed by atoms with Gasteiger partial charge in [0.25, 0.3) is 5.91 Å². The molecule has 0 atom stereocenters. The summed E-state index contributed by atoms with van der Waals surface area (Å²) in [6.45, 7) is 5.76. The molecule has 0 bridgehead atoms. The van der Waals surface area contributed by atoms with Crippen molar-refractivity contribution < 1.29 is 9.90 Å². The lowest BCUT2D eigenvalue weighted by molar-refractivity contribution is 0.0955. The van der Waals surface area contributed by atoms with E-state index in [-0.39, 0.29) is 11.7 Å². The second-order valence-corrected chi connectivity index (χ2v) is 6.47. The Morgan fingerprint density at radius 3 is 2.48 bits per heavy atom. The van der Waals surface area contributed by atoms with Gasteiger partial charge in [0.05, 0.1) is 5.71 Å². The second kappa shape index (κ2) is 7.45. The number of nitrogens with one attached hydrogen (secondary N) is 1. The van der Waals surface area contributed by atoms with Gasteiger partial charge < -0.3 is 5.11 Å². The minimum absolute atomic E-state index is 0.0379. The summed E-state index contributed by atoms with van der Waals surface area (Å²) in [6, 6.07) is 14.8. The fourth-order valence-corrected chi connectivity index (χ4v) is 2.81. The molecule has 6 heteroatoms. The molecule has 0 unspecified atom stereocenters. The minimum atomic E-state index is -0.320. The maximum Gasteiger partial charge on any atom is 0.271 e. The van der Waals surface area contributed by atoms with E-state index < -0.39 is 0 Å². The van der Waals surface area contributed by atoms with Gasteiger partial charge in [0.1, 0.15) is 5.69 Å². The van der Waals surface area contributed by atoms with Gasteiger partial charge in [0.2, 0.25) is 0 Å². The number of benzene rings is 2. The lowest BCUT2D eigenvalue weighted by Gasteiger charge is -2.06. The molecule has 3 rings (SSSR count). The Labute approximate surface area is 158 Å². The van der Waals surface area contributed by atoms with Gasteiger partial charge in [-0.15, -0.1) is 0 Å². The summed E-state index contributed by atoms with van der Waals surface area (Å²) in [4.78, 5) is 12.1. The average molecular weight is 362 g/mol. The number of carbonyl (C=O) groups excluding carboxylic acids is 1. The van der Waals surface area contributed by atoms with Crippen molar-refractivity contribution in [1.82, 2.24) is 15.2 Å². The fourth-order valence-electron chi connectivity index (χ4n) is 2.81. The molecule has 3 aromatic rings. The van der Waals surface area contributed by atoms with E-state index in [4.69, 9.17) is 0 Å². The van der Waals surface area contributed by atoms with Gasteiger partial charge in [-0.05, 0) is 50.1 Å². The smallest absolute Gasteiger partial charge is 0.271 e.